The van der Waals surface area contributed by atoms with Gasteiger partial charge in [0.15, 0.2) is 0 Å². The lowest BCUT2D eigenvalue weighted by molar-refractivity contribution is 0.628. The fourth-order valence-electron chi connectivity index (χ4n) is 1.73. The number of nitrogens with zero attached hydrogens (tertiary/aromatic N) is 1. The van der Waals surface area contributed by atoms with Gasteiger partial charge in [0.05, 0.1) is 5.03 Å². The fourth-order valence-corrected chi connectivity index (χ4v) is 2.77. The molecule has 2 aromatic rings. The van der Waals surface area contributed by atoms with Crippen LogP contribution in [0.1, 0.15) is 16.8 Å². The number of pyridine rings is 1. The van der Waals surface area contributed by atoms with Gasteiger partial charge in [-0.25, -0.2) is 9.37 Å². The van der Waals surface area contributed by atoms with Crippen LogP contribution in [0.25, 0.3) is 0 Å². The van der Waals surface area contributed by atoms with Gasteiger partial charge < -0.3 is 5.73 Å². The van der Waals surface area contributed by atoms with Gasteiger partial charge in [-0.3, -0.25) is 0 Å². The first-order valence-electron chi connectivity index (χ1n) is 5.66. The minimum atomic E-state index is -0.300. The second-order valence-corrected chi connectivity index (χ2v) is 5.25. The second kappa shape index (κ2) is 5.40. The maximum Gasteiger partial charge on any atom is 0.125 e. The van der Waals surface area contributed by atoms with Crippen molar-refractivity contribution < 1.29 is 4.39 Å². The van der Waals surface area contributed by atoms with Crippen LogP contribution in [0.4, 0.5) is 10.1 Å². The predicted octanol–water partition coefficient (Wildman–Crippen LogP) is 3.71. The van der Waals surface area contributed by atoms with E-state index in [1.54, 1.807) is 17.8 Å². The van der Waals surface area contributed by atoms with Gasteiger partial charge in [-0.05, 0) is 49.2 Å². The van der Waals surface area contributed by atoms with E-state index < -0.39 is 0 Å². The molecule has 2 rings (SSSR count). The third kappa shape index (κ3) is 3.23. The number of aromatic nitrogens is 1. The Morgan fingerprint density at radius 3 is 2.67 bits per heavy atom. The normalized spacial score (nSPS) is 10.6. The highest BCUT2D eigenvalue weighted by Gasteiger charge is 2.04. The van der Waals surface area contributed by atoms with Crippen molar-refractivity contribution in [1.82, 2.24) is 4.98 Å². The Kier molecular flexibility index (Phi) is 3.87. The van der Waals surface area contributed by atoms with Gasteiger partial charge in [0, 0.05) is 17.1 Å². The summed E-state index contributed by atoms with van der Waals surface area (Å²) >= 11 is 1.61. The number of anilines is 1. The Bertz CT molecular complexity index is 549. The Morgan fingerprint density at radius 2 is 2.00 bits per heavy atom. The van der Waals surface area contributed by atoms with Crippen LogP contribution in [-0.2, 0) is 5.75 Å². The lowest BCUT2D eigenvalue weighted by atomic mass is 10.2. The van der Waals surface area contributed by atoms with Crippen molar-refractivity contribution >= 4 is 17.4 Å². The molecule has 1 aromatic heterocycles. The van der Waals surface area contributed by atoms with E-state index in [1.807, 2.05) is 26.0 Å². The first-order chi connectivity index (χ1) is 8.54. The highest BCUT2D eigenvalue weighted by molar-refractivity contribution is 7.98. The van der Waals surface area contributed by atoms with Gasteiger partial charge in [-0.15, -0.1) is 11.8 Å². The smallest absolute Gasteiger partial charge is 0.125 e. The van der Waals surface area contributed by atoms with Crippen LogP contribution in [0, 0.1) is 19.7 Å². The zero-order valence-corrected chi connectivity index (χ0v) is 11.2. The number of halogens is 1. The van der Waals surface area contributed by atoms with Crippen molar-refractivity contribution in [2.45, 2.75) is 24.6 Å². The molecule has 0 spiro atoms. The summed E-state index contributed by atoms with van der Waals surface area (Å²) in [5.41, 5.74) is 9.39. The van der Waals surface area contributed by atoms with Crippen molar-refractivity contribution in [3.05, 3.63) is 53.0 Å². The van der Waals surface area contributed by atoms with Crippen molar-refractivity contribution in [3.63, 3.8) is 0 Å². The van der Waals surface area contributed by atoms with Crippen molar-refractivity contribution in [2.75, 3.05) is 5.73 Å². The molecular formula is C14H15FN2S. The lowest BCUT2D eigenvalue weighted by Crippen LogP contribution is -1.94. The van der Waals surface area contributed by atoms with Crippen LogP contribution in [0.2, 0.25) is 0 Å². The summed E-state index contributed by atoms with van der Waals surface area (Å²) < 4.78 is 12.9. The summed E-state index contributed by atoms with van der Waals surface area (Å²) in [5.74, 6) is 0.396. The number of benzene rings is 1. The number of aryl methyl sites for hydroxylation is 2. The Balaban J connectivity index is 2.11. The maximum atomic E-state index is 12.9. The molecule has 1 heterocycles. The largest absolute Gasteiger partial charge is 0.398 e. The molecule has 0 saturated heterocycles. The van der Waals surface area contributed by atoms with Gasteiger partial charge in [-0.1, -0.05) is 6.07 Å². The zero-order valence-electron chi connectivity index (χ0n) is 10.4. The van der Waals surface area contributed by atoms with E-state index in [9.17, 15) is 4.39 Å². The van der Waals surface area contributed by atoms with Crippen LogP contribution >= 0.6 is 11.8 Å². The molecule has 2 N–H and O–H groups in total. The molecule has 0 bridgehead atoms. The standard InChI is InChI=1S/C14H15FN2S/c1-9-5-10(2)17-14(6-9)18-8-11-3-4-12(15)7-13(11)16/h3-7H,8,16H2,1-2H3. The second-order valence-electron chi connectivity index (χ2n) is 4.26. The van der Waals surface area contributed by atoms with Crippen LogP contribution in [-0.4, -0.2) is 4.98 Å². The van der Waals surface area contributed by atoms with Gasteiger partial charge in [0.2, 0.25) is 0 Å². The number of rotatable bonds is 3. The van der Waals surface area contributed by atoms with Crippen molar-refractivity contribution in [3.8, 4) is 0 Å². The molecule has 0 amide bonds. The van der Waals surface area contributed by atoms with Crippen LogP contribution < -0.4 is 5.73 Å². The molecule has 18 heavy (non-hydrogen) atoms. The van der Waals surface area contributed by atoms with Gasteiger partial charge in [-0.2, -0.15) is 0 Å². The molecule has 1 aromatic carbocycles. The Labute approximate surface area is 110 Å². The Hall–Kier alpha value is -1.55. The number of hydrogen-bond donors (Lipinski definition) is 1. The van der Waals surface area contributed by atoms with Gasteiger partial charge in [0.25, 0.3) is 0 Å². The van der Waals surface area contributed by atoms with Crippen molar-refractivity contribution in [2.24, 2.45) is 0 Å². The van der Waals surface area contributed by atoms with Crippen LogP contribution in [0.15, 0.2) is 35.4 Å². The Morgan fingerprint density at radius 1 is 1.22 bits per heavy atom. The first kappa shape index (κ1) is 12.9. The monoisotopic (exact) mass is 262 g/mol. The highest BCUT2D eigenvalue weighted by atomic mass is 32.2. The lowest BCUT2D eigenvalue weighted by Gasteiger charge is -2.06. The molecule has 0 radical (unpaired) electrons. The number of nitrogen functional groups attached to an aromatic ring is 1. The molecule has 2 nitrogen and oxygen atoms in total. The minimum absolute atomic E-state index is 0.300. The number of hydrogen-bond acceptors (Lipinski definition) is 3. The number of nitrogens with two attached hydrogens (primary N) is 1. The van der Waals surface area contributed by atoms with Gasteiger partial charge in [0.1, 0.15) is 5.82 Å². The molecule has 0 atom stereocenters. The SMILES string of the molecule is Cc1cc(C)nc(SCc2ccc(F)cc2N)c1. The molecule has 0 aliphatic rings. The van der Waals surface area contributed by atoms with Gasteiger partial charge >= 0.3 is 0 Å². The summed E-state index contributed by atoms with van der Waals surface area (Å²) in [6, 6.07) is 8.58. The summed E-state index contributed by atoms with van der Waals surface area (Å²) in [7, 11) is 0. The van der Waals surface area contributed by atoms with Crippen LogP contribution in [0.5, 0.6) is 0 Å². The minimum Gasteiger partial charge on any atom is -0.398 e. The molecule has 4 heteroatoms. The zero-order chi connectivity index (χ0) is 13.1. The predicted molar refractivity (Wildman–Crippen MR) is 74.1 cm³/mol. The molecular weight excluding hydrogens is 247 g/mol. The third-order valence-electron chi connectivity index (χ3n) is 2.56. The van der Waals surface area contributed by atoms with E-state index in [0.717, 1.165) is 16.3 Å². The van der Waals surface area contributed by atoms with Crippen molar-refractivity contribution in [1.29, 1.82) is 0 Å². The quantitative estimate of drug-likeness (QED) is 0.677. The van der Waals surface area contributed by atoms with E-state index in [2.05, 4.69) is 4.98 Å². The average Bonchev–Trinajstić information content (AvgIpc) is 2.26. The van der Waals surface area contributed by atoms with E-state index >= 15 is 0 Å². The summed E-state index contributed by atoms with van der Waals surface area (Å²) in [4.78, 5) is 4.44. The maximum absolute atomic E-state index is 12.9. The number of thioether (sulfide) groups is 1. The molecule has 0 unspecified atom stereocenters. The molecule has 0 aliphatic heterocycles. The summed E-state index contributed by atoms with van der Waals surface area (Å²) in [6.45, 7) is 4.02. The summed E-state index contributed by atoms with van der Waals surface area (Å²) in [5, 5.41) is 0.969. The van der Waals surface area contributed by atoms with Crippen LogP contribution in [0.3, 0.4) is 0 Å². The van der Waals surface area contributed by atoms with E-state index in [1.165, 1.54) is 17.7 Å². The molecule has 0 aliphatic carbocycles. The van der Waals surface area contributed by atoms with E-state index in [4.69, 9.17) is 5.73 Å². The van der Waals surface area contributed by atoms with E-state index in [0.29, 0.717) is 11.4 Å². The summed E-state index contributed by atoms with van der Waals surface area (Å²) in [6.07, 6.45) is 0. The highest BCUT2D eigenvalue weighted by Crippen LogP contribution is 2.25. The molecule has 94 valence electrons. The van der Waals surface area contributed by atoms with E-state index in [-0.39, 0.29) is 5.82 Å². The fraction of sp³-hybridized carbons (Fsp3) is 0.214. The third-order valence-corrected chi connectivity index (χ3v) is 3.52. The first-order valence-corrected chi connectivity index (χ1v) is 6.65. The average molecular weight is 262 g/mol. The molecule has 0 saturated carbocycles. The topological polar surface area (TPSA) is 38.9 Å². The molecule has 0 fully saturated rings.